The summed E-state index contributed by atoms with van der Waals surface area (Å²) in [5.41, 5.74) is 0. The molecule has 0 aromatic carbocycles. The minimum atomic E-state index is -0.670. The van der Waals surface area contributed by atoms with Crippen LogP contribution in [0.3, 0.4) is 0 Å². The first-order valence-electron chi connectivity index (χ1n) is 4.59. The molecule has 0 heterocycles. The van der Waals surface area contributed by atoms with E-state index in [4.69, 9.17) is 5.11 Å². The fourth-order valence-electron chi connectivity index (χ4n) is 2.72. The molecule has 0 unspecified atom stereocenters. The van der Waals surface area contributed by atoms with Crippen LogP contribution in [0.15, 0.2) is 0 Å². The van der Waals surface area contributed by atoms with Gasteiger partial charge in [-0.3, -0.25) is 4.79 Å². The molecule has 4 atom stereocenters. The zero-order chi connectivity index (χ0) is 8.72. The largest absolute Gasteiger partial charge is 0.481 e. The second kappa shape index (κ2) is 2.73. The third-order valence-electron chi connectivity index (χ3n) is 3.43. The Kier molecular flexibility index (Phi) is 1.83. The highest BCUT2D eigenvalue weighted by Gasteiger charge is 2.44. The third kappa shape index (κ3) is 1.12. The first-order chi connectivity index (χ1) is 5.68. The molecule has 2 aliphatic carbocycles. The van der Waals surface area contributed by atoms with E-state index in [1.54, 1.807) is 0 Å². The summed E-state index contributed by atoms with van der Waals surface area (Å²) >= 11 is 0. The Labute approximate surface area is 71.4 Å². The fourth-order valence-corrected chi connectivity index (χ4v) is 2.72. The lowest BCUT2D eigenvalue weighted by Gasteiger charge is -2.24. The maximum atomic E-state index is 10.8. The van der Waals surface area contributed by atoms with E-state index in [9.17, 15) is 9.90 Å². The van der Waals surface area contributed by atoms with Crippen LogP contribution in [-0.2, 0) is 4.79 Å². The summed E-state index contributed by atoms with van der Waals surface area (Å²) in [6.45, 7) is 0. The fraction of sp³-hybridized carbons (Fsp3) is 0.889. The van der Waals surface area contributed by atoms with Crippen molar-refractivity contribution in [3.05, 3.63) is 0 Å². The Hall–Kier alpha value is -0.570. The summed E-state index contributed by atoms with van der Waals surface area (Å²) in [6.07, 6.45) is 3.10. The predicted octanol–water partition coefficient (Wildman–Crippen LogP) is 0.868. The molecule has 0 spiro atoms. The average molecular weight is 170 g/mol. The lowest BCUT2D eigenvalue weighted by atomic mass is 9.85. The van der Waals surface area contributed by atoms with Crippen molar-refractivity contribution in [3.8, 4) is 0 Å². The molecule has 3 nitrogen and oxygen atoms in total. The Bertz CT molecular complexity index is 202. The second-order valence-corrected chi connectivity index (χ2v) is 4.08. The van der Waals surface area contributed by atoms with E-state index < -0.39 is 5.97 Å². The molecule has 0 aliphatic heterocycles. The number of aliphatic hydroxyl groups is 1. The highest BCUT2D eigenvalue weighted by molar-refractivity contribution is 5.70. The van der Waals surface area contributed by atoms with Gasteiger partial charge in [0.05, 0.1) is 12.0 Å². The van der Waals surface area contributed by atoms with Gasteiger partial charge in [-0.25, -0.2) is 0 Å². The van der Waals surface area contributed by atoms with Crippen LogP contribution < -0.4 is 0 Å². The molecule has 2 N–H and O–H groups in total. The standard InChI is InChI=1S/C9H14O3/c10-8-2-1-5-3-6(8)4-7(5)9(11)12/h5-8,10H,1-4H2,(H,11,12)/t5-,6-,7-,8-/m0/s1. The molecular formula is C9H14O3. The Morgan fingerprint density at radius 3 is 2.50 bits per heavy atom. The molecule has 68 valence electrons. The third-order valence-corrected chi connectivity index (χ3v) is 3.43. The van der Waals surface area contributed by atoms with E-state index in [0.717, 1.165) is 19.3 Å². The number of carbonyl (C=O) groups is 1. The molecule has 0 aromatic heterocycles. The van der Waals surface area contributed by atoms with Gasteiger partial charge in [0.25, 0.3) is 0 Å². The predicted molar refractivity (Wildman–Crippen MR) is 42.6 cm³/mol. The summed E-state index contributed by atoms with van der Waals surface area (Å²) < 4.78 is 0. The Morgan fingerprint density at radius 2 is 1.92 bits per heavy atom. The topological polar surface area (TPSA) is 57.5 Å². The van der Waals surface area contributed by atoms with Crippen LogP contribution in [0.2, 0.25) is 0 Å². The monoisotopic (exact) mass is 170 g/mol. The maximum absolute atomic E-state index is 10.8. The molecule has 2 rings (SSSR count). The zero-order valence-electron chi connectivity index (χ0n) is 6.94. The SMILES string of the molecule is O=C(O)[C@H]1C[C@@H]2C[C@@H]1CC[C@@H]2O. The summed E-state index contributed by atoms with van der Waals surface area (Å²) in [5, 5.41) is 18.4. The molecule has 2 saturated carbocycles. The highest BCUT2D eigenvalue weighted by atomic mass is 16.4. The number of rotatable bonds is 1. The molecule has 12 heavy (non-hydrogen) atoms. The number of fused-ring (bicyclic) bond motifs is 2. The first-order valence-corrected chi connectivity index (χ1v) is 4.59. The molecule has 2 fully saturated rings. The van der Waals surface area contributed by atoms with Gasteiger partial charge in [0.2, 0.25) is 0 Å². The molecule has 3 heteroatoms. The average Bonchev–Trinajstić information content (AvgIpc) is 2.37. The van der Waals surface area contributed by atoms with Gasteiger partial charge in [0.1, 0.15) is 0 Å². The van der Waals surface area contributed by atoms with Crippen LogP contribution in [0.1, 0.15) is 25.7 Å². The number of aliphatic carboxylic acids is 1. The number of aliphatic hydroxyl groups excluding tert-OH is 1. The van der Waals surface area contributed by atoms with Gasteiger partial charge in [0, 0.05) is 0 Å². The molecule has 0 radical (unpaired) electrons. The lowest BCUT2D eigenvalue weighted by Crippen LogP contribution is -2.23. The lowest BCUT2D eigenvalue weighted by molar-refractivity contribution is -0.142. The van der Waals surface area contributed by atoms with Gasteiger partial charge < -0.3 is 10.2 Å². The van der Waals surface area contributed by atoms with Crippen molar-refractivity contribution in [1.82, 2.24) is 0 Å². The van der Waals surface area contributed by atoms with Crippen LogP contribution in [-0.4, -0.2) is 22.3 Å². The zero-order valence-corrected chi connectivity index (χ0v) is 6.94. The Morgan fingerprint density at radius 1 is 1.17 bits per heavy atom. The van der Waals surface area contributed by atoms with Gasteiger partial charge in [-0.15, -0.1) is 0 Å². The summed E-state index contributed by atoms with van der Waals surface area (Å²) in [4.78, 5) is 10.8. The summed E-state index contributed by atoms with van der Waals surface area (Å²) in [5.74, 6) is -0.232. The van der Waals surface area contributed by atoms with Crippen LogP contribution in [0.5, 0.6) is 0 Å². The molecule has 0 aromatic rings. The van der Waals surface area contributed by atoms with Gasteiger partial charge in [-0.2, -0.15) is 0 Å². The maximum Gasteiger partial charge on any atom is 0.306 e. The summed E-state index contributed by atoms with van der Waals surface area (Å²) in [7, 11) is 0. The number of hydrogen-bond acceptors (Lipinski definition) is 2. The second-order valence-electron chi connectivity index (χ2n) is 4.08. The first kappa shape index (κ1) is 8.05. The van der Waals surface area contributed by atoms with Crippen molar-refractivity contribution in [2.24, 2.45) is 17.8 Å². The van der Waals surface area contributed by atoms with Gasteiger partial charge >= 0.3 is 5.97 Å². The van der Waals surface area contributed by atoms with Gasteiger partial charge in [-0.1, -0.05) is 0 Å². The molecule has 0 amide bonds. The van der Waals surface area contributed by atoms with E-state index in [1.807, 2.05) is 0 Å². The van der Waals surface area contributed by atoms with E-state index in [2.05, 4.69) is 0 Å². The van der Waals surface area contributed by atoms with Crippen molar-refractivity contribution < 1.29 is 15.0 Å². The van der Waals surface area contributed by atoms with E-state index in [1.165, 1.54) is 0 Å². The minimum Gasteiger partial charge on any atom is -0.481 e. The Balaban J connectivity index is 2.10. The van der Waals surface area contributed by atoms with Crippen LogP contribution >= 0.6 is 0 Å². The van der Waals surface area contributed by atoms with E-state index in [0.29, 0.717) is 12.3 Å². The van der Waals surface area contributed by atoms with Crippen LogP contribution in [0.25, 0.3) is 0 Å². The minimum absolute atomic E-state index is 0.174. The summed E-state index contributed by atoms with van der Waals surface area (Å²) in [6, 6.07) is 0. The van der Waals surface area contributed by atoms with Gasteiger partial charge in [-0.05, 0) is 37.5 Å². The van der Waals surface area contributed by atoms with Crippen molar-refractivity contribution in [2.45, 2.75) is 31.8 Å². The number of carboxylic acids is 1. The van der Waals surface area contributed by atoms with Crippen molar-refractivity contribution >= 4 is 5.97 Å². The van der Waals surface area contributed by atoms with Crippen molar-refractivity contribution in [2.75, 3.05) is 0 Å². The van der Waals surface area contributed by atoms with E-state index >= 15 is 0 Å². The van der Waals surface area contributed by atoms with Crippen LogP contribution in [0, 0.1) is 17.8 Å². The molecule has 2 bridgehead atoms. The van der Waals surface area contributed by atoms with E-state index in [-0.39, 0.29) is 17.9 Å². The smallest absolute Gasteiger partial charge is 0.306 e. The van der Waals surface area contributed by atoms with Gasteiger partial charge in [0.15, 0.2) is 0 Å². The van der Waals surface area contributed by atoms with Crippen LogP contribution in [0.4, 0.5) is 0 Å². The quantitative estimate of drug-likeness (QED) is 0.614. The van der Waals surface area contributed by atoms with Crippen molar-refractivity contribution in [1.29, 1.82) is 0 Å². The number of carboxylic acid groups (broad SMARTS) is 1. The molecule has 0 saturated heterocycles. The molecule has 2 aliphatic rings. The number of hydrogen-bond donors (Lipinski definition) is 2. The molecular weight excluding hydrogens is 156 g/mol. The highest BCUT2D eigenvalue weighted by Crippen LogP contribution is 2.45. The van der Waals surface area contributed by atoms with Crippen molar-refractivity contribution in [3.63, 3.8) is 0 Å². The normalized spacial score (nSPS) is 46.1.